The van der Waals surface area contributed by atoms with Crippen LogP contribution in [0.3, 0.4) is 0 Å². The van der Waals surface area contributed by atoms with E-state index in [4.69, 9.17) is 14.2 Å². The highest BCUT2D eigenvalue weighted by molar-refractivity contribution is 6.10. The highest BCUT2D eigenvalue weighted by atomic mass is 16.5. The molecule has 1 aliphatic carbocycles. The molecular weight excluding hydrogens is 280 g/mol. The summed E-state index contributed by atoms with van der Waals surface area (Å²) < 4.78 is 16.2. The SMILES string of the molecule is COC1=CC(=O)/C(=C/c2ccc(C(C)C)c(OC)c2OC)C1. The molecule has 0 bridgehead atoms. The molecule has 1 aliphatic rings. The van der Waals surface area contributed by atoms with Gasteiger partial charge in [0.15, 0.2) is 17.3 Å². The van der Waals surface area contributed by atoms with E-state index < -0.39 is 0 Å². The van der Waals surface area contributed by atoms with Crippen molar-refractivity contribution < 1.29 is 19.0 Å². The van der Waals surface area contributed by atoms with Crippen molar-refractivity contribution >= 4 is 11.9 Å². The van der Waals surface area contributed by atoms with Crippen LogP contribution < -0.4 is 9.47 Å². The fourth-order valence-corrected chi connectivity index (χ4v) is 2.59. The lowest BCUT2D eigenvalue weighted by atomic mass is 9.98. The Morgan fingerprint density at radius 3 is 2.23 bits per heavy atom. The van der Waals surface area contributed by atoms with E-state index in [1.165, 1.54) is 6.08 Å². The number of carbonyl (C=O) groups is 1. The molecule has 0 saturated heterocycles. The van der Waals surface area contributed by atoms with E-state index in [1.54, 1.807) is 21.3 Å². The van der Waals surface area contributed by atoms with Crippen molar-refractivity contribution in [3.8, 4) is 11.5 Å². The summed E-state index contributed by atoms with van der Waals surface area (Å²) in [6, 6.07) is 3.98. The second-order valence-electron chi connectivity index (χ2n) is 5.49. The molecule has 0 saturated carbocycles. The van der Waals surface area contributed by atoms with Gasteiger partial charge in [0.25, 0.3) is 0 Å². The topological polar surface area (TPSA) is 44.8 Å². The minimum absolute atomic E-state index is 0.0224. The molecular formula is C18H22O4. The molecule has 0 aromatic heterocycles. The van der Waals surface area contributed by atoms with Crippen molar-refractivity contribution in [2.75, 3.05) is 21.3 Å². The number of benzene rings is 1. The van der Waals surface area contributed by atoms with Crippen LogP contribution in [0.15, 0.2) is 29.5 Å². The summed E-state index contributed by atoms with van der Waals surface area (Å²) in [6.45, 7) is 4.20. The zero-order valence-corrected chi connectivity index (χ0v) is 13.7. The molecule has 0 aliphatic heterocycles. The maximum atomic E-state index is 12.0. The van der Waals surface area contributed by atoms with Gasteiger partial charge in [-0.2, -0.15) is 0 Å². The third-order valence-corrected chi connectivity index (χ3v) is 3.77. The molecule has 4 nitrogen and oxygen atoms in total. The van der Waals surface area contributed by atoms with Gasteiger partial charge in [0, 0.05) is 29.2 Å². The van der Waals surface area contributed by atoms with Crippen molar-refractivity contribution in [1.82, 2.24) is 0 Å². The molecule has 1 aromatic rings. The Morgan fingerprint density at radius 2 is 1.73 bits per heavy atom. The zero-order valence-electron chi connectivity index (χ0n) is 13.7. The van der Waals surface area contributed by atoms with Crippen molar-refractivity contribution in [3.05, 3.63) is 40.7 Å². The minimum atomic E-state index is -0.0224. The summed E-state index contributed by atoms with van der Waals surface area (Å²) in [7, 11) is 4.81. The number of hydrogen-bond acceptors (Lipinski definition) is 4. The Bertz CT molecular complexity index is 639. The third-order valence-electron chi connectivity index (χ3n) is 3.77. The number of rotatable bonds is 5. The van der Waals surface area contributed by atoms with Crippen molar-refractivity contribution in [3.63, 3.8) is 0 Å². The summed E-state index contributed by atoms with van der Waals surface area (Å²) in [4.78, 5) is 12.0. The molecule has 2 rings (SSSR count). The third kappa shape index (κ3) is 3.01. The van der Waals surface area contributed by atoms with Gasteiger partial charge in [0.05, 0.1) is 21.3 Å². The smallest absolute Gasteiger partial charge is 0.185 e. The van der Waals surface area contributed by atoms with E-state index in [-0.39, 0.29) is 5.78 Å². The van der Waals surface area contributed by atoms with Gasteiger partial charge in [-0.05, 0) is 12.0 Å². The molecule has 0 spiro atoms. The molecule has 22 heavy (non-hydrogen) atoms. The van der Waals surface area contributed by atoms with Crippen molar-refractivity contribution in [1.29, 1.82) is 0 Å². The van der Waals surface area contributed by atoms with E-state index in [0.29, 0.717) is 29.4 Å². The monoisotopic (exact) mass is 302 g/mol. The molecule has 0 amide bonds. The van der Waals surface area contributed by atoms with Gasteiger partial charge in [-0.1, -0.05) is 26.0 Å². The number of carbonyl (C=O) groups excluding carboxylic acids is 1. The Hall–Kier alpha value is -2.23. The molecule has 4 heteroatoms. The molecule has 0 N–H and O–H groups in total. The quantitative estimate of drug-likeness (QED) is 0.778. The Labute approximate surface area is 131 Å². The van der Waals surface area contributed by atoms with Crippen molar-refractivity contribution in [2.45, 2.75) is 26.2 Å². The van der Waals surface area contributed by atoms with Crippen LogP contribution in [0.1, 0.15) is 37.3 Å². The average molecular weight is 302 g/mol. The van der Waals surface area contributed by atoms with Crippen LogP contribution >= 0.6 is 0 Å². The second kappa shape index (κ2) is 6.69. The first-order chi connectivity index (χ1) is 10.5. The van der Waals surface area contributed by atoms with Crippen LogP contribution in [-0.2, 0) is 9.53 Å². The largest absolute Gasteiger partial charge is 0.501 e. The Kier molecular flexibility index (Phi) is 4.91. The first-order valence-corrected chi connectivity index (χ1v) is 7.26. The summed E-state index contributed by atoms with van der Waals surface area (Å²) in [6.07, 6.45) is 3.88. The standard InChI is InChI=1S/C18H22O4/c1-11(2)15-7-6-12(17(21-4)18(15)22-5)8-13-9-14(20-3)10-16(13)19/h6-8,10-11H,9H2,1-5H3/b13-8+. The predicted molar refractivity (Wildman–Crippen MR) is 86.3 cm³/mol. The van der Waals surface area contributed by atoms with E-state index in [9.17, 15) is 4.79 Å². The lowest BCUT2D eigenvalue weighted by molar-refractivity contribution is -0.111. The van der Waals surface area contributed by atoms with Gasteiger partial charge in [0.2, 0.25) is 0 Å². The van der Waals surface area contributed by atoms with Crippen molar-refractivity contribution in [2.24, 2.45) is 0 Å². The van der Waals surface area contributed by atoms with Crippen LogP contribution in [-0.4, -0.2) is 27.1 Å². The highest BCUT2D eigenvalue weighted by Gasteiger charge is 2.21. The predicted octanol–water partition coefficient (Wildman–Crippen LogP) is 3.71. The number of hydrogen-bond donors (Lipinski definition) is 0. The number of allylic oxidation sites excluding steroid dienone is 2. The molecule has 1 aromatic carbocycles. The van der Waals surface area contributed by atoms with Gasteiger partial charge in [0.1, 0.15) is 5.76 Å². The molecule has 0 atom stereocenters. The van der Waals surface area contributed by atoms with Crippen LogP contribution in [0.25, 0.3) is 6.08 Å². The van der Waals surface area contributed by atoms with E-state index >= 15 is 0 Å². The highest BCUT2D eigenvalue weighted by Crippen LogP contribution is 2.40. The van der Waals surface area contributed by atoms with Gasteiger partial charge < -0.3 is 14.2 Å². The first-order valence-electron chi connectivity index (χ1n) is 7.26. The van der Waals surface area contributed by atoms with Crippen LogP contribution in [0, 0.1) is 0 Å². The second-order valence-corrected chi connectivity index (χ2v) is 5.49. The Balaban J connectivity index is 2.47. The minimum Gasteiger partial charge on any atom is -0.501 e. The maximum Gasteiger partial charge on any atom is 0.185 e. The maximum absolute atomic E-state index is 12.0. The molecule has 0 fully saturated rings. The van der Waals surface area contributed by atoms with Gasteiger partial charge in [-0.15, -0.1) is 0 Å². The van der Waals surface area contributed by atoms with E-state index in [1.807, 2.05) is 18.2 Å². The summed E-state index contributed by atoms with van der Waals surface area (Å²) in [5.74, 6) is 2.35. The van der Waals surface area contributed by atoms with Crippen LogP contribution in [0.4, 0.5) is 0 Å². The lowest BCUT2D eigenvalue weighted by Gasteiger charge is -2.17. The number of ether oxygens (including phenoxy) is 3. The number of ketones is 1. The van der Waals surface area contributed by atoms with Gasteiger partial charge >= 0.3 is 0 Å². The van der Waals surface area contributed by atoms with E-state index in [2.05, 4.69) is 13.8 Å². The average Bonchev–Trinajstić information content (AvgIpc) is 2.86. The molecule has 118 valence electrons. The fraction of sp³-hybridized carbons (Fsp3) is 0.389. The summed E-state index contributed by atoms with van der Waals surface area (Å²) in [5.41, 5.74) is 2.60. The molecule has 0 heterocycles. The van der Waals surface area contributed by atoms with Crippen LogP contribution in [0.5, 0.6) is 11.5 Å². The van der Waals surface area contributed by atoms with Gasteiger partial charge in [-0.3, -0.25) is 4.79 Å². The Morgan fingerprint density at radius 1 is 1.05 bits per heavy atom. The molecule has 0 radical (unpaired) electrons. The van der Waals surface area contributed by atoms with Crippen LogP contribution in [0.2, 0.25) is 0 Å². The lowest BCUT2D eigenvalue weighted by Crippen LogP contribution is -2.00. The fourth-order valence-electron chi connectivity index (χ4n) is 2.59. The summed E-state index contributed by atoms with van der Waals surface area (Å²) in [5, 5.41) is 0. The van der Waals surface area contributed by atoms with E-state index in [0.717, 1.165) is 16.9 Å². The normalized spacial score (nSPS) is 16.2. The zero-order chi connectivity index (χ0) is 16.3. The number of methoxy groups -OCH3 is 3. The first kappa shape index (κ1) is 16.1. The molecule has 0 unspecified atom stereocenters. The summed E-state index contributed by atoms with van der Waals surface area (Å²) >= 11 is 0. The van der Waals surface area contributed by atoms with Gasteiger partial charge in [-0.25, -0.2) is 0 Å².